The van der Waals surface area contributed by atoms with E-state index >= 15 is 0 Å². The Labute approximate surface area is 398 Å². The smallest absolute Gasteiger partial charge is 0.306 e. The van der Waals surface area contributed by atoms with Crippen LogP contribution < -0.4 is 0 Å². The zero-order valence-electron chi connectivity index (χ0n) is 43.1. The van der Waals surface area contributed by atoms with E-state index in [1.54, 1.807) is 0 Å². The second kappa shape index (κ2) is 53.5. The number of hydrogen-bond acceptors (Lipinski definition) is 6. The summed E-state index contributed by atoms with van der Waals surface area (Å²) in [6, 6.07) is 0. The number of esters is 3. The van der Waals surface area contributed by atoms with Crippen molar-refractivity contribution in [1.29, 1.82) is 0 Å². The Bertz CT molecular complexity index is 1040. The summed E-state index contributed by atoms with van der Waals surface area (Å²) < 4.78 is 16.8. The van der Waals surface area contributed by atoms with Crippen molar-refractivity contribution in [1.82, 2.24) is 0 Å². The summed E-state index contributed by atoms with van der Waals surface area (Å²) in [4.78, 5) is 38.0. The monoisotopic (exact) mass is 901 g/mol. The van der Waals surface area contributed by atoms with Gasteiger partial charge in [0.15, 0.2) is 6.10 Å². The van der Waals surface area contributed by atoms with Gasteiger partial charge in [0, 0.05) is 19.3 Å². The van der Waals surface area contributed by atoms with Crippen molar-refractivity contribution in [2.24, 2.45) is 0 Å². The first-order valence-corrected chi connectivity index (χ1v) is 28.3. The Balaban J connectivity index is 4.25. The standard InChI is InChI=1S/C58H108O6/c1-4-7-10-13-16-19-22-24-26-27-28-29-30-31-33-34-36-39-42-45-48-51-57(60)63-54-55(53-62-56(59)50-47-44-41-38-21-18-15-12-9-6-3)64-58(61)52-49-46-43-40-37-35-32-25-23-20-17-14-11-8-5-2/h22,24,27-28,55H,4-21,23,25-26,29-54H2,1-3H3/b24-22-,28-27-. The van der Waals surface area contributed by atoms with Crippen molar-refractivity contribution in [3.05, 3.63) is 24.3 Å². The highest BCUT2D eigenvalue weighted by Gasteiger charge is 2.19. The molecule has 0 aromatic rings. The summed E-state index contributed by atoms with van der Waals surface area (Å²) in [5, 5.41) is 0. The van der Waals surface area contributed by atoms with Gasteiger partial charge in [0.1, 0.15) is 13.2 Å². The van der Waals surface area contributed by atoms with Crippen molar-refractivity contribution < 1.29 is 28.6 Å². The highest BCUT2D eigenvalue weighted by molar-refractivity contribution is 5.71. The Morgan fingerprint density at radius 3 is 0.859 bits per heavy atom. The molecule has 0 aromatic carbocycles. The van der Waals surface area contributed by atoms with E-state index in [2.05, 4.69) is 45.1 Å². The predicted molar refractivity (Wildman–Crippen MR) is 275 cm³/mol. The van der Waals surface area contributed by atoms with Crippen LogP contribution in [0.4, 0.5) is 0 Å². The van der Waals surface area contributed by atoms with E-state index < -0.39 is 6.10 Å². The van der Waals surface area contributed by atoms with E-state index in [1.165, 1.54) is 205 Å². The summed E-state index contributed by atoms with van der Waals surface area (Å²) in [5.41, 5.74) is 0. The van der Waals surface area contributed by atoms with Crippen molar-refractivity contribution in [3.8, 4) is 0 Å². The molecule has 0 aliphatic rings. The van der Waals surface area contributed by atoms with E-state index in [-0.39, 0.29) is 31.1 Å². The lowest BCUT2D eigenvalue weighted by molar-refractivity contribution is -0.167. The number of unbranched alkanes of at least 4 members (excludes halogenated alkanes) is 37. The molecule has 1 unspecified atom stereocenters. The van der Waals surface area contributed by atoms with Gasteiger partial charge in [-0.1, -0.05) is 263 Å². The van der Waals surface area contributed by atoms with Crippen molar-refractivity contribution >= 4 is 17.9 Å². The largest absolute Gasteiger partial charge is 0.462 e. The normalized spacial score (nSPS) is 12.1. The second-order valence-corrected chi connectivity index (χ2v) is 19.2. The molecule has 6 heteroatoms. The fourth-order valence-corrected chi connectivity index (χ4v) is 8.42. The molecule has 0 amide bonds. The van der Waals surface area contributed by atoms with E-state index in [9.17, 15) is 14.4 Å². The first kappa shape index (κ1) is 61.9. The molecule has 0 fully saturated rings. The lowest BCUT2D eigenvalue weighted by Gasteiger charge is -2.18. The molecule has 0 spiro atoms. The summed E-state index contributed by atoms with van der Waals surface area (Å²) in [7, 11) is 0. The summed E-state index contributed by atoms with van der Waals surface area (Å²) in [6.45, 7) is 6.66. The van der Waals surface area contributed by atoms with Gasteiger partial charge in [-0.2, -0.15) is 0 Å². The van der Waals surface area contributed by atoms with Gasteiger partial charge in [-0.3, -0.25) is 14.4 Å². The van der Waals surface area contributed by atoms with Crippen LogP contribution in [-0.4, -0.2) is 37.2 Å². The maximum absolute atomic E-state index is 12.8. The van der Waals surface area contributed by atoms with E-state index in [0.717, 1.165) is 64.2 Å². The van der Waals surface area contributed by atoms with Gasteiger partial charge in [0.05, 0.1) is 0 Å². The molecule has 0 radical (unpaired) electrons. The molecular weight excluding hydrogens is 793 g/mol. The predicted octanol–water partition coefficient (Wildman–Crippen LogP) is 18.7. The molecule has 0 heterocycles. The number of allylic oxidation sites excluding steroid dienone is 4. The molecule has 0 saturated heterocycles. The maximum atomic E-state index is 12.8. The Kier molecular flexibility index (Phi) is 51.7. The molecule has 0 aliphatic carbocycles. The minimum Gasteiger partial charge on any atom is -0.462 e. The van der Waals surface area contributed by atoms with Gasteiger partial charge in [-0.05, 0) is 51.4 Å². The van der Waals surface area contributed by atoms with E-state index in [4.69, 9.17) is 14.2 Å². The fraction of sp³-hybridized carbons (Fsp3) is 0.879. The number of carbonyl (C=O) groups is 3. The zero-order chi connectivity index (χ0) is 46.5. The third kappa shape index (κ3) is 50.9. The highest BCUT2D eigenvalue weighted by Crippen LogP contribution is 2.16. The van der Waals surface area contributed by atoms with Crippen LogP contribution in [0.3, 0.4) is 0 Å². The molecule has 1 atom stereocenters. The molecule has 0 saturated carbocycles. The molecule has 64 heavy (non-hydrogen) atoms. The van der Waals surface area contributed by atoms with Crippen LogP contribution in [0.25, 0.3) is 0 Å². The average Bonchev–Trinajstić information content (AvgIpc) is 3.29. The molecule has 0 rings (SSSR count). The third-order valence-corrected chi connectivity index (χ3v) is 12.7. The van der Waals surface area contributed by atoms with Gasteiger partial charge >= 0.3 is 17.9 Å². The van der Waals surface area contributed by atoms with Crippen LogP contribution >= 0.6 is 0 Å². The number of hydrogen-bond donors (Lipinski definition) is 0. The zero-order valence-corrected chi connectivity index (χ0v) is 43.1. The Morgan fingerprint density at radius 1 is 0.312 bits per heavy atom. The first-order valence-electron chi connectivity index (χ1n) is 28.3. The molecule has 376 valence electrons. The first-order chi connectivity index (χ1) is 31.5. The summed E-state index contributed by atoms with van der Waals surface area (Å²) in [5.74, 6) is -0.854. The lowest BCUT2D eigenvalue weighted by Crippen LogP contribution is -2.30. The number of rotatable bonds is 52. The van der Waals surface area contributed by atoms with E-state index in [0.29, 0.717) is 19.3 Å². The second-order valence-electron chi connectivity index (χ2n) is 19.2. The summed E-state index contributed by atoms with van der Waals surface area (Å²) >= 11 is 0. The van der Waals surface area contributed by atoms with Crippen LogP contribution in [0.15, 0.2) is 24.3 Å². The Morgan fingerprint density at radius 2 is 0.562 bits per heavy atom. The van der Waals surface area contributed by atoms with Crippen LogP contribution in [0.5, 0.6) is 0 Å². The average molecular weight is 901 g/mol. The van der Waals surface area contributed by atoms with Crippen LogP contribution in [0.2, 0.25) is 0 Å². The highest BCUT2D eigenvalue weighted by atomic mass is 16.6. The van der Waals surface area contributed by atoms with Crippen LogP contribution in [0, 0.1) is 0 Å². The molecule has 6 nitrogen and oxygen atoms in total. The van der Waals surface area contributed by atoms with Crippen molar-refractivity contribution in [3.63, 3.8) is 0 Å². The van der Waals surface area contributed by atoms with Gasteiger partial charge < -0.3 is 14.2 Å². The van der Waals surface area contributed by atoms with Crippen LogP contribution in [0.1, 0.15) is 310 Å². The Hall–Kier alpha value is -2.11. The van der Waals surface area contributed by atoms with Crippen molar-refractivity contribution in [2.75, 3.05) is 13.2 Å². The minimum atomic E-state index is -0.766. The van der Waals surface area contributed by atoms with Crippen molar-refractivity contribution in [2.45, 2.75) is 316 Å². The SMILES string of the molecule is CCCCCCC/C=C\C/C=C\CCCCCCCCCCCC(=O)OCC(COC(=O)CCCCCCCCCCCC)OC(=O)CCCCCCCCCCCCCCCCC. The topological polar surface area (TPSA) is 78.9 Å². The lowest BCUT2D eigenvalue weighted by atomic mass is 10.0. The maximum Gasteiger partial charge on any atom is 0.306 e. The summed E-state index contributed by atoms with van der Waals surface area (Å²) in [6.07, 6.45) is 61.7. The van der Waals surface area contributed by atoms with Crippen LogP contribution in [-0.2, 0) is 28.6 Å². The molecular formula is C58H108O6. The molecule has 0 aromatic heterocycles. The number of carbonyl (C=O) groups excluding carboxylic acids is 3. The molecule has 0 N–H and O–H groups in total. The van der Waals surface area contributed by atoms with Gasteiger partial charge in [0.25, 0.3) is 0 Å². The van der Waals surface area contributed by atoms with Gasteiger partial charge in [-0.15, -0.1) is 0 Å². The van der Waals surface area contributed by atoms with Gasteiger partial charge in [0.2, 0.25) is 0 Å². The minimum absolute atomic E-state index is 0.0673. The quantitative estimate of drug-likeness (QED) is 0.0262. The van der Waals surface area contributed by atoms with Gasteiger partial charge in [-0.25, -0.2) is 0 Å². The van der Waals surface area contributed by atoms with E-state index in [1.807, 2.05) is 0 Å². The third-order valence-electron chi connectivity index (χ3n) is 12.7. The molecule has 0 bridgehead atoms. The fourth-order valence-electron chi connectivity index (χ4n) is 8.42. The molecule has 0 aliphatic heterocycles. The number of ether oxygens (including phenoxy) is 3.